The van der Waals surface area contributed by atoms with Crippen molar-refractivity contribution in [3.05, 3.63) is 35.9 Å². The number of methoxy groups -OCH3 is 1. The number of hydrogen-bond donors (Lipinski definition) is 1. The van der Waals surface area contributed by atoms with Crippen LogP contribution in [0.15, 0.2) is 30.3 Å². The molecule has 1 N–H and O–H groups in total. The van der Waals surface area contributed by atoms with Crippen molar-refractivity contribution in [2.24, 2.45) is 0 Å². The Morgan fingerprint density at radius 1 is 1.25 bits per heavy atom. The Morgan fingerprint density at radius 2 is 1.88 bits per heavy atom. The fraction of sp³-hybridized carbons (Fsp3) is 0.273. The van der Waals surface area contributed by atoms with Gasteiger partial charge in [0.05, 0.1) is 7.11 Å². The molecule has 0 saturated heterocycles. The molecule has 0 aromatic heterocycles. The number of esters is 2. The highest BCUT2D eigenvalue weighted by atomic mass is 16.6. The van der Waals surface area contributed by atoms with Crippen molar-refractivity contribution < 1.29 is 24.2 Å². The Morgan fingerprint density at radius 3 is 2.44 bits per heavy atom. The van der Waals surface area contributed by atoms with Gasteiger partial charge >= 0.3 is 11.9 Å². The summed E-state index contributed by atoms with van der Waals surface area (Å²) in [5.74, 6) is -2.05. The van der Waals surface area contributed by atoms with Crippen LogP contribution in [0.4, 0.5) is 0 Å². The molecular weight excluding hydrogens is 212 g/mol. The number of benzene rings is 1. The topological polar surface area (TPSA) is 72.8 Å². The third kappa shape index (κ3) is 3.36. The Balaban J connectivity index is 2.44. The molecule has 0 amide bonds. The second-order valence-corrected chi connectivity index (χ2v) is 3.02. The van der Waals surface area contributed by atoms with E-state index in [1.807, 2.05) is 6.07 Å². The number of aliphatic hydroxyl groups is 1. The molecule has 1 unspecified atom stereocenters. The second-order valence-electron chi connectivity index (χ2n) is 3.02. The van der Waals surface area contributed by atoms with Gasteiger partial charge in [-0.1, -0.05) is 30.3 Å². The van der Waals surface area contributed by atoms with Gasteiger partial charge in [0.1, 0.15) is 6.61 Å². The average Bonchev–Trinajstić information content (AvgIpc) is 2.35. The van der Waals surface area contributed by atoms with Gasteiger partial charge in [0.15, 0.2) is 0 Å². The Bertz CT molecular complexity index is 360. The molecule has 0 radical (unpaired) electrons. The van der Waals surface area contributed by atoms with Crippen LogP contribution >= 0.6 is 0 Å². The number of carbonyl (C=O) groups is 2. The predicted octanol–water partition coefficient (Wildman–Crippen LogP) is 0.264. The van der Waals surface area contributed by atoms with Gasteiger partial charge in [0.2, 0.25) is 6.10 Å². The Hall–Kier alpha value is -1.88. The summed E-state index contributed by atoms with van der Waals surface area (Å²) >= 11 is 0. The normalized spacial score (nSPS) is 11.6. The van der Waals surface area contributed by atoms with Crippen molar-refractivity contribution >= 4 is 11.9 Å². The minimum atomic E-state index is -1.88. The lowest BCUT2D eigenvalue weighted by molar-refractivity contribution is -0.168. The van der Waals surface area contributed by atoms with Gasteiger partial charge < -0.3 is 14.6 Å². The standard InChI is InChI=1S/C11H12O5/c1-15-10(13)9(12)11(14)16-7-8-5-3-2-4-6-8/h2-6,9,12H,7H2,1H3. The number of aliphatic hydroxyl groups excluding tert-OH is 1. The van der Waals surface area contributed by atoms with Gasteiger partial charge in [-0.3, -0.25) is 0 Å². The summed E-state index contributed by atoms with van der Waals surface area (Å²) in [7, 11) is 1.08. The Labute approximate surface area is 92.6 Å². The third-order valence-electron chi connectivity index (χ3n) is 1.87. The van der Waals surface area contributed by atoms with Crippen molar-refractivity contribution in [3.63, 3.8) is 0 Å². The van der Waals surface area contributed by atoms with E-state index < -0.39 is 18.0 Å². The van der Waals surface area contributed by atoms with E-state index in [2.05, 4.69) is 4.74 Å². The molecule has 0 aliphatic carbocycles. The number of hydrogen-bond acceptors (Lipinski definition) is 5. The lowest BCUT2D eigenvalue weighted by Crippen LogP contribution is -2.32. The minimum absolute atomic E-state index is 0.00767. The molecule has 1 aromatic carbocycles. The first-order chi connectivity index (χ1) is 7.65. The van der Waals surface area contributed by atoms with Crippen LogP contribution in [0.1, 0.15) is 5.56 Å². The van der Waals surface area contributed by atoms with Crippen molar-refractivity contribution in [1.82, 2.24) is 0 Å². The predicted molar refractivity (Wildman–Crippen MR) is 54.3 cm³/mol. The first-order valence-electron chi connectivity index (χ1n) is 4.61. The third-order valence-corrected chi connectivity index (χ3v) is 1.87. The van der Waals surface area contributed by atoms with E-state index in [-0.39, 0.29) is 6.61 Å². The quantitative estimate of drug-likeness (QED) is 0.586. The molecule has 0 saturated carbocycles. The Kier molecular flexibility index (Phi) is 4.47. The van der Waals surface area contributed by atoms with E-state index in [0.717, 1.165) is 12.7 Å². The summed E-state index contributed by atoms with van der Waals surface area (Å²) in [5, 5.41) is 9.12. The lowest BCUT2D eigenvalue weighted by Gasteiger charge is -2.08. The SMILES string of the molecule is COC(=O)C(O)C(=O)OCc1ccccc1. The number of rotatable bonds is 4. The van der Waals surface area contributed by atoms with Crippen LogP contribution in [0.2, 0.25) is 0 Å². The summed E-state index contributed by atoms with van der Waals surface area (Å²) in [6.45, 7) is 0.00767. The zero-order valence-corrected chi connectivity index (χ0v) is 8.75. The summed E-state index contributed by atoms with van der Waals surface area (Å²) in [6.07, 6.45) is -1.88. The van der Waals surface area contributed by atoms with Crippen LogP contribution in [-0.2, 0) is 25.7 Å². The van der Waals surface area contributed by atoms with Crippen LogP contribution in [0.5, 0.6) is 0 Å². The molecule has 0 heterocycles. The molecule has 1 aromatic rings. The molecule has 5 heteroatoms. The highest BCUT2D eigenvalue weighted by Crippen LogP contribution is 2.02. The molecule has 0 fully saturated rings. The monoisotopic (exact) mass is 224 g/mol. The fourth-order valence-corrected chi connectivity index (χ4v) is 1.02. The van der Waals surface area contributed by atoms with Crippen molar-refractivity contribution in [1.29, 1.82) is 0 Å². The molecule has 5 nitrogen and oxygen atoms in total. The van der Waals surface area contributed by atoms with E-state index in [1.165, 1.54) is 0 Å². The van der Waals surface area contributed by atoms with E-state index in [9.17, 15) is 9.59 Å². The van der Waals surface area contributed by atoms with E-state index in [1.54, 1.807) is 24.3 Å². The number of ether oxygens (including phenoxy) is 2. The van der Waals surface area contributed by atoms with Gasteiger partial charge in [-0.05, 0) is 5.56 Å². The largest absolute Gasteiger partial charge is 0.467 e. The second kappa shape index (κ2) is 5.87. The first kappa shape index (κ1) is 12.2. The maximum Gasteiger partial charge on any atom is 0.347 e. The van der Waals surface area contributed by atoms with Crippen molar-refractivity contribution in [3.8, 4) is 0 Å². The molecule has 0 aliphatic rings. The maximum atomic E-state index is 11.1. The zero-order valence-electron chi connectivity index (χ0n) is 8.75. The zero-order chi connectivity index (χ0) is 12.0. The molecule has 86 valence electrons. The molecule has 0 aliphatic heterocycles. The van der Waals surface area contributed by atoms with Crippen molar-refractivity contribution in [2.45, 2.75) is 12.7 Å². The van der Waals surface area contributed by atoms with Gasteiger partial charge in [-0.15, -0.1) is 0 Å². The average molecular weight is 224 g/mol. The van der Waals surface area contributed by atoms with Crippen LogP contribution in [-0.4, -0.2) is 30.3 Å². The minimum Gasteiger partial charge on any atom is -0.467 e. The molecule has 16 heavy (non-hydrogen) atoms. The molecule has 1 rings (SSSR count). The smallest absolute Gasteiger partial charge is 0.347 e. The highest BCUT2D eigenvalue weighted by molar-refractivity contribution is 5.97. The van der Waals surface area contributed by atoms with Gasteiger partial charge in [0.25, 0.3) is 0 Å². The molecule has 0 bridgehead atoms. The van der Waals surface area contributed by atoms with Crippen LogP contribution < -0.4 is 0 Å². The fourth-order valence-electron chi connectivity index (χ4n) is 1.02. The lowest BCUT2D eigenvalue weighted by atomic mass is 10.2. The van der Waals surface area contributed by atoms with E-state index >= 15 is 0 Å². The summed E-state index contributed by atoms with van der Waals surface area (Å²) in [5.41, 5.74) is 0.771. The highest BCUT2D eigenvalue weighted by Gasteiger charge is 2.26. The van der Waals surface area contributed by atoms with Crippen molar-refractivity contribution in [2.75, 3.05) is 7.11 Å². The summed E-state index contributed by atoms with van der Waals surface area (Å²) in [4.78, 5) is 21.9. The summed E-state index contributed by atoms with van der Waals surface area (Å²) < 4.78 is 8.92. The van der Waals surface area contributed by atoms with Gasteiger partial charge in [-0.2, -0.15) is 0 Å². The van der Waals surface area contributed by atoms with Crippen LogP contribution in [0.3, 0.4) is 0 Å². The maximum absolute atomic E-state index is 11.1. The molecule has 1 atom stereocenters. The van der Waals surface area contributed by atoms with E-state index in [0.29, 0.717) is 0 Å². The van der Waals surface area contributed by atoms with Crippen LogP contribution in [0, 0.1) is 0 Å². The van der Waals surface area contributed by atoms with E-state index in [4.69, 9.17) is 9.84 Å². The van der Waals surface area contributed by atoms with Gasteiger partial charge in [-0.25, -0.2) is 9.59 Å². The molecule has 0 spiro atoms. The summed E-state index contributed by atoms with van der Waals surface area (Å²) in [6, 6.07) is 8.93. The van der Waals surface area contributed by atoms with Gasteiger partial charge in [0, 0.05) is 0 Å². The number of carbonyl (C=O) groups excluding carboxylic acids is 2. The molecular formula is C11H12O5. The first-order valence-corrected chi connectivity index (χ1v) is 4.61. The van der Waals surface area contributed by atoms with Crippen LogP contribution in [0.25, 0.3) is 0 Å².